The van der Waals surface area contributed by atoms with E-state index in [9.17, 15) is 0 Å². The first-order valence-corrected chi connectivity index (χ1v) is 14.4. The molecule has 0 radical (unpaired) electrons. The van der Waals surface area contributed by atoms with Gasteiger partial charge in [-0.05, 0) is 31.1 Å². The molecule has 0 aromatic carbocycles. The predicted molar refractivity (Wildman–Crippen MR) is 140 cm³/mol. The molecule has 0 fully saturated rings. The Balaban J connectivity index is 3.29. The lowest BCUT2D eigenvalue weighted by Gasteiger charge is -2.14. The van der Waals surface area contributed by atoms with Crippen LogP contribution in [-0.4, -0.2) is 0 Å². The van der Waals surface area contributed by atoms with Gasteiger partial charge in [-0.2, -0.15) is 0 Å². The largest absolute Gasteiger partial charge is 0.0885 e. The number of rotatable bonds is 24. The standard InChI is InChI=1S/C30H60/c1-5-8-10-11-12-13-14-15-16-17-19-22-25-29(4)26-23-20-18-21-24-28-30(7-3)27-9-6-2/h10-11,29-30H,5-9,12-28H2,1-4H3/b11-10+. The molecule has 0 aliphatic carbocycles. The van der Waals surface area contributed by atoms with Crippen LogP contribution >= 0.6 is 0 Å². The van der Waals surface area contributed by atoms with E-state index in [1.54, 1.807) is 0 Å². The molecule has 0 heteroatoms. The minimum atomic E-state index is 0.957. The van der Waals surface area contributed by atoms with Gasteiger partial charge in [-0.1, -0.05) is 162 Å². The van der Waals surface area contributed by atoms with Gasteiger partial charge in [-0.15, -0.1) is 0 Å². The highest BCUT2D eigenvalue weighted by atomic mass is 14.1. The molecule has 180 valence electrons. The summed E-state index contributed by atoms with van der Waals surface area (Å²) in [5.74, 6) is 1.97. The lowest BCUT2D eigenvalue weighted by Crippen LogP contribution is -1.99. The Hall–Kier alpha value is -0.260. The third-order valence-electron chi connectivity index (χ3n) is 7.04. The van der Waals surface area contributed by atoms with Crippen molar-refractivity contribution >= 4 is 0 Å². The summed E-state index contributed by atoms with van der Waals surface area (Å²) in [7, 11) is 0. The maximum atomic E-state index is 2.49. The van der Waals surface area contributed by atoms with Crippen LogP contribution < -0.4 is 0 Å². The van der Waals surface area contributed by atoms with Crippen molar-refractivity contribution in [2.45, 2.75) is 169 Å². The minimum absolute atomic E-state index is 0.957. The maximum Gasteiger partial charge on any atom is -0.0351 e. The second-order valence-corrected chi connectivity index (χ2v) is 10.2. The fraction of sp³-hybridized carbons (Fsp3) is 0.933. The molecule has 0 rings (SSSR count). The molecule has 2 atom stereocenters. The monoisotopic (exact) mass is 420 g/mol. The summed E-state index contributed by atoms with van der Waals surface area (Å²) in [5.41, 5.74) is 0. The van der Waals surface area contributed by atoms with Crippen molar-refractivity contribution in [2.24, 2.45) is 11.8 Å². The molecule has 0 aromatic heterocycles. The summed E-state index contributed by atoms with van der Waals surface area (Å²) < 4.78 is 0. The van der Waals surface area contributed by atoms with Crippen molar-refractivity contribution < 1.29 is 0 Å². The van der Waals surface area contributed by atoms with E-state index in [0.717, 1.165) is 11.8 Å². The van der Waals surface area contributed by atoms with Crippen molar-refractivity contribution in [2.75, 3.05) is 0 Å². The van der Waals surface area contributed by atoms with Gasteiger partial charge in [0, 0.05) is 0 Å². The summed E-state index contributed by atoms with van der Waals surface area (Å²) >= 11 is 0. The molecule has 0 heterocycles. The van der Waals surface area contributed by atoms with Gasteiger partial charge in [0.2, 0.25) is 0 Å². The zero-order valence-electron chi connectivity index (χ0n) is 21.9. The Morgan fingerprint density at radius 1 is 0.467 bits per heavy atom. The minimum Gasteiger partial charge on any atom is -0.0885 e. The van der Waals surface area contributed by atoms with Crippen LogP contribution in [0.15, 0.2) is 12.2 Å². The number of hydrogen-bond donors (Lipinski definition) is 0. The quantitative estimate of drug-likeness (QED) is 0.107. The van der Waals surface area contributed by atoms with Crippen LogP contribution in [0.3, 0.4) is 0 Å². The van der Waals surface area contributed by atoms with E-state index in [0.29, 0.717) is 0 Å². The SMILES string of the molecule is CCC/C=C/CCCCCCCCCC(C)CCCCCCCC(CC)CCCC. The van der Waals surface area contributed by atoms with Gasteiger partial charge in [-0.3, -0.25) is 0 Å². The topological polar surface area (TPSA) is 0 Å². The first-order chi connectivity index (χ1) is 14.7. The molecular weight excluding hydrogens is 360 g/mol. The van der Waals surface area contributed by atoms with Gasteiger partial charge in [-0.25, -0.2) is 0 Å². The highest BCUT2D eigenvalue weighted by Crippen LogP contribution is 2.22. The lowest BCUT2D eigenvalue weighted by molar-refractivity contribution is 0.395. The third-order valence-corrected chi connectivity index (χ3v) is 7.04. The molecule has 0 aliphatic rings. The van der Waals surface area contributed by atoms with Crippen molar-refractivity contribution in [3.05, 3.63) is 12.2 Å². The van der Waals surface area contributed by atoms with E-state index in [2.05, 4.69) is 39.8 Å². The van der Waals surface area contributed by atoms with Crippen LogP contribution in [-0.2, 0) is 0 Å². The molecule has 0 saturated carbocycles. The molecule has 0 spiro atoms. The van der Waals surface area contributed by atoms with E-state index in [1.165, 1.54) is 141 Å². The number of hydrogen-bond acceptors (Lipinski definition) is 0. The first-order valence-electron chi connectivity index (χ1n) is 14.4. The molecule has 0 amide bonds. The van der Waals surface area contributed by atoms with E-state index >= 15 is 0 Å². The number of unbranched alkanes of at least 4 members (excludes halogenated alkanes) is 13. The van der Waals surface area contributed by atoms with Crippen LogP contribution in [0.2, 0.25) is 0 Å². The molecule has 30 heavy (non-hydrogen) atoms. The Morgan fingerprint density at radius 2 is 0.933 bits per heavy atom. The molecular formula is C30H60. The molecule has 0 nitrogen and oxygen atoms in total. The van der Waals surface area contributed by atoms with Crippen molar-refractivity contribution in [3.8, 4) is 0 Å². The van der Waals surface area contributed by atoms with Gasteiger partial charge in [0.15, 0.2) is 0 Å². The molecule has 0 aliphatic heterocycles. The van der Waals surface area contributed by atoms with Gasteiger partial charge in [0.05, 0.1) is 0 Å². The second-order valence-electron chi connectivity index (χ2n) is 10.2. The van der Waals surface area contributed by atoms with E-state index in [1.807, 2.05) is 0 Å². The summed E-state index contributed by atoms with van der Waals surface area (Å²) in [6.45, 7) is 9.45. The fourth-order valence-corrected chi connectivity index (χ4v) is 4.69. The van der Waals surface area contributed by atoms with Gasteiger partial charge < -0.3 is 0 Å². The van der Waals surface area contributed by atoms with Crippen LogP contribution in [0.25, 0.3) is 0 Å². The van der Waals surface area contributed by atoms with Crippen molar-refractivity contribution in [3.63, 3.8) is 0 Å². The van der Waals surface area contributed by atoms with Crippen molar-refractivity contribution in [1.29, 1.82) is 0 Å². The highest BCUT2D eigenvalue weighted by Gasteiger charge is 2.06. The predicted octanol–water partition coefficient (Wildman–Crippen LogP) is 11.4. The Labute approximate surface area is 193 Å². The second kappa shape index (κ2) is 25.0. The van der Waals surface area contributed by atoms with Gasteiger partial charge >= 0.3 is 0 Å². The Bertz CT molecular complexity index is 329. The smallest absolute Gasteiger partial charge is 0.0351 e. The zero-order valence-corrected chi connectivity index (χ0v) is 21.9. The third kappa shape index (κ3) is 22.4. The normalized spacial score (nSPS) is 13.9. The van der Waals surface area contributed by atoms with Crippen LogP contribution in [0.4, 0.5) is 0 Å². The lowest BCUT2D eigenvalue weighted by atomic mass is 9.92. The van der Waals surface area contributed by atoms with E-state index < -0.39 is 0 Å². The highest BCUT2D eigenvalue weighted by molar-refractivity contribution is 4.80. The van der Waals surface area contributed by atoms with Crippen LogP contribution in [0.5, 0.6) is 0 Å². The first kappa shape index (κ1) is 29.7. The van der Waals surface area contributed by atoms with Crippen LogP contribution in [0, 0.1) is 11.8 Å². The van der Waals surface area contributed by atoms with E-state index in [4.69, 9.17) is 0 Å². The Morgan fingerprint density at radius 3 is 1.47 bits per heavy atom. The van der Waals surface area contributed by atoms with E-state index in [-0.39, 0.29) is 0 Å². The Kier molecular flexibility index (Phi) is 24.8. The molecule has 2 unspecified atom stereocenters. The maximum absolute atomic E-state index is 2.49. The van der Waals surface area contributed by atoms with Crippen LogP contribution in [0.1, 0.15) is 169 Å². The number of allylic oxidation sites excluding steroid dienone is 2. The fourth-order valence-electron chi connectivity index (χ4n) is 4.69. The zero-order chi connectivity index (χ0) is 22.1. The molecule has 0 N–H and O–H groups in total. The summed E-state index contributed by atoms with van der Waals surface area (Å²) in [5, 5.41) is 0. The molecule has 0 bridgehead atoms. The average Bonchev–Trinajstić information content (AvgIpc) is 2.75. The van der Waals surface area contributed by atoms with Gasteiger partial charge in [0.1, 0.15) is 0 Å². The van der Waals surface area contributed by atoms with Gasteiger partial charge in [0.25, 0.3) is 0 Å². The summed E-state index contributed by atoms with van der Waals surface area (Å²) in [4.78, 5) is 0. The summed E-state index contributed by atoms with van der Waals surface area (Å²) in [6.07, 6.45) is 36.2. The molecule has 0 aromatic rings. The molecule has 0 saturated heterocycles. The van der Waals surface area contributed by atoms with Crippen molar-refractivity contribution in [1.82, 2.24) is 0 Å². The average molecular weight is 421 g/mol. The summed E-state index contributed by atoms with van der Waals surface area (Å²) in [6, 6.07) is 0.